The number of hydrogen-bond acceptors (Lipinski definition) is 4. The molecule has 0 aromatic heterocycles. The molecule has 0 aromatic carbocycles. The smallest absolute Gasteiger partial charge is 0.237 e. The largest absolute Gasteiger partial charge is 0.342 e. The van der Waals surface area contributed by atoms with Crippen molar-refractivity contribution >= 4 is 15.9 Å². The van der Waals surface area contributed by atoms with E-state index in [0.29, 0.717) is 0 Å². The van der Waals surface area contributed by atoms with Gasteiger partial charge in [-0.05, 0) is 12.8 Å². The highest BCUT2D eigenvalue weighted by molar-refractivity contribution is 7.89. The number of hydrogen-bond donors (Lipinski definition) is 1. The van der Waals surface area contributed by atoms with Gasteiger partial charge in [0.2, 0.25) is 15.9 Å². The molecule has 0 bridgehead atoms. The van der Waals surface area contributed by atoms with Gasteiger partial charge in [-0.25, -0.2) is 8.42 Å². The Balaban J connectivity index is 2.50. The highest BCUT2D eigenvalue weighted by atomic mass is 32.2. The van der Waals surface area contributed by atoms with Crippen molar-refractivity contribution in [3.05, 3.63) is 0 Å². The van der Waals surface area contributed by atoms with Crippen molar-refractivity contribution in [2.45, 2.75) is 12.8 Å². The summed E-state index contributed by atoms with van der Waals surface area (Å²) in [5.41, 5.74) is 5.20. The Bertz CT molecular complexity index is 336. The van der Waals surface area contributed by atoms with E-state index >= 15 is 0 Å². The number of likely N-dealkylation sites (tertiary alicyclic amines) is 1. The molecule has 1 rings (SSSR count). The molecule has 1 aliphatic rings. The van der Waals surface area contributed by atoms with Crippen LogP contribution in [0.5, 0.6) is 0 Å². The Kier molecular flexibility index (Phi) is 4.69. The molecule has 1 fully saturated rings. The number of nitrogens with two attached hydrogens (primary N) is 1. The van der Waals surface area contributed by atoms with E-state index < -0.39 is 10.0 Å². The molecular formula is C9H19N3O3S. The van der Waals surface area contributed by atoms with E-state index in [2.05, 4.69) is 0 Å². The fourth-order valence-electron chi connectivity index (χ4n) is 1.66. The predicted molar refractivity (Wildman–Crippen MR) is 61.3 cm³/mol. The molecule has 0 radical (unpaired) electrons. The zero-order valence-corrected chi connectivity index (χ0v) is 10.4. The van der Waals surface area contributed by atoms with Crippen LogP contribution in [0.15, 0.2) is 0 Å². The van der Waals surface area contributed by atoms with Crippen molar-refractivity contribution in [2.75, 3.05) is 39.0 Å². The minimum Gasteiger partial charge on any atom is -0.342 e. The van der Waals surface area contributed by atoms with Gasteiger partial charge in [0, 0.05) is 26.7 Å². The number of carbonyl (C=O) groups is 1. The van der Waals surface area contributed by atoms with Crippen molar-refractivity contribution < 1.29 is 13.2 Å². The van der Waals surface area contributed by atoms with Crippen LogP contribution in [0.1, 0.15) is 12.8 Å². The van der Waals surface area contributed by atoms with E-state index in [9.17, 15) is 13.2 Å². The molecule has 0 aromatic rings. The summed E-state index contributed by atoms with van der Waals surface area (Å²) in [4.78, 5) is 13.4. The molecule has 94 valence electrons. The fraction of sp³-hybridized carbons (Fsp3) is 0.889. The van der Waals surface area contributed by atoms with Crippen molar-refractivity contribution in [3.8, 4) is 0 Å². The molecule has 1 heterocycles. The van der Waals surface area contributed by atoms with Gasteiger partial charge >= 0.3 is 0 Å². The lowest BCUT2D eigenvalue weighted by molar-refractivity contribution is -0.130. The maximum atomic E-state index is 11.7. The molecule has 16 heavy (non-hydrogen) atoms. The average molecular weight is 249 g/mol. The van der Waals surface area contributed by atoms with Crippen LogP contribution in [0, 0.1) is 0 Å². The maximum absolute atomic E-state index is 11.7. The Labute approximate surface area is 96.4 Å². The lowest BCUT2D eigenvalue weighted by Crippen LogP contribution is -2.41. The van der Waals surface area contributed by atoms with Crippen molar-refractivity contribution in [1.29, 1.82) is 0 Å². The summed E-state index contributed by atoms with van der Waals surface area (Å²) in [6.07, 6.45) is 2.01. The van der Waals surface area contributed by atoms with E-state index in [-0.39, 0.29) is 24.7 Å². The Morgan fingerprint density at radius 1 is 1.38 bits per heavy atom. The number of sulfonamides is 1. The molecule has 1 saturated heterocycles. The van der Waals surface area contributed by atoms with Crippen LogP contribution in [0.3, 0.4) is 0 Å². The SMILES string of the molecule is CN(CC(=O)N1CCCC1)S(=O)(=O)CCN. The van der Waals surface area contributed by atoms with Crippen molar-refractivity contribution in [2.24, 2.45) is 5.73 Å². The first-order chi connectivity index (χ1) is 7.47. The Hall–Kier alpha value is -0.660. The number of carbonyl (C=O) groups excluding carboxylic acids is 1. The quantitative estimate of drug-likeness (QED) is 0.665. The van der Waals surface area contributed by atoms with Crippen LogP contribution in [0.4, 0.5) is 0 Å². The molecule has 6 nitrogen and oxygen atoms in total. The van der Waals surface area contributed by atoms with Gasteiger partial charge in [-0.2, -0.15) is 4.31 Å². The summed E-state index contributed by atoms with van der Waals surface area (Å²) in [6, 6.07) is 0. The number of rotatable bonds is 5. The first kappa shape index (κ1) is 13.4. The topological polar surface area (TPSA) is 83.7 Å². The van der Waals surface area contributed by atoms with E-state index in [4.69, 9.17) is 5.73 Å². The first-order valence-corrected chi connectivity index (χ1v) is 7.00. The van der Waals surface area contributed by atoms with Crippen molar-refractivity contribution in [3.63, 3.8) is 0 Å². The van der Waals surface area contributed by atoms with E-state index in [1.807, 2.05) is 0 Å². The van der Waals surface area contributed by atoms with Crippen molar-refractivity contribution in [1.82, 2.24) is 9.21 Å². The van der Waals surface area contributed by atoms with Gasteiger partial charge in [0.05, 0.1) is 12.3 Å². The third-order valence-electron chi connectivity index (χ3n) is 2.67. The van der Waals surface area contributed by atoms with E-state index in [0.717, 1.165) is 30.2 Å². The molecule has 0 saturated carbocycles. The predicted octanol–water partition coefficient (Wildman–Crippen LogP) is -1.17. The lowest BCUT2D eigenvalue weighted by atomic mass is 10.4. The molecule has 7 heteroatoms. The molecule has 1 amide bonds. The van der Waals surface area contributed by atoms with Gasteiger partial charge in [0.25, 0.3) is 0 Å². The molecule has 0 spiro atoms. The summed E-state index contributed by atoms with van der Waals surface area (Å²) >= 11 is 0. The van der Waals surface area contributed by atoms with Crippen LogP contribution in [-0.2, 0) is 14.8 Å². The second-order valence-electron chi connectivity index (χ2n) is 3.95. The van der Waals surface area contributed by atoms with Gasteiger partial charge in [0.1, 0.15) is 0 Å². The van der Waals surface area contributed by atoms with Crippen LogP contribution in [0.25, 0.3) is 0 Å². The molecular weight excluding hydrogens is 230 g/mol. The normalized spacial score (nSPS) is 17.1. The van der Waals surface area contributed by atoms with Gasteiger partial charge < -0.3 is 10.6 Å². The Morgan fingerprint density at radius 2 is 1.94 bits per heavy atom. The summed E-state index contributed by atoms with van der Waals surface area (Å²) in [6.45, 7) is 1.47. The molecule has 0 aliphatic carbocycles. The second kappa shape index (κ2) is 5.60. The minimum absolute atomic E-state index is 0.0740. The average Bonchev–Trinajstić information content (AvgIpc) is 2.70. The van der Waals surface area contributed by atoms with E-state index in [1.54, 1.807) is 4.90 Å². The Morgan fingerprint density at radius 3 is 2.44 bits per heavy atom. The first-order valence-electron chi connectivity index (χ1n) is 5.39. The minimum atomic E-state index is -3.37. The lowest BCUT2D eigenvalue weighted by Gasteiger charge is -2.20. The van der Waals surface area contributed by atoms with Gasteiger partial charge in [-0.1, -0.05) is 0 Å². The molecule has 0 unspecified atom stereocenters. The molecule has 2 N–H and O–H groups in total. The highest BCUT2D eigenvalue weighted by Crippen LogP contribution is 2.08. The summed E-state index contributed by atoms with van der Waals surface area (Å²) < 4.78 is 24.2. The summed E-state index contributed by atoms with van der Waals surface area (Å²) in [5, 5.41) is 0. The monoisotopic (exact) mass is 249 g/mol. The second-order valence-corrected chi connectivity index (χ2v) is 6.14. The van der Waals surface area contributed by atoms with Gasteiger partial charge in [0.15, 0.2) is 0 Å². The van der Waals surface area contributed by atoms with Crippen LogP contribution in [0.2, 0.25) is 0 Å². The van der Waals surface area contributed by atoms with E-state index in [1.165, 1.54) is 7.05 Å². The van der Waals surface area contributed by atoms with Gasteiger partial charge in [-0.3, -0.25) is 4.79 Å². The van der Waals surface area contributed by atoms with Crippen LogP contribution in [-0.4, -0.2) is 62.5 Å². The summed E-state index contributed by atoms with van der Waals surface area (Å²) in [7, 11) is -1.96. The maximum Gasteiger partial charge on any atom is 0.237 e. The molecule has 1 aliphatic heterocycles. The number of nitrogens with zero attached hydrogens (tertiary/aromatic N) is 2. The third-order valence-corrected chi connectivity index (χ3v) is 4.50. The zero-order valence-electron chi connectivity index (χ0n) is 9.55. The number of amides is 1. The highest BCUT2D eigenvalue weighted by Gasteiger charge is 2.24. The third kappa shape index (κ3) is 3.43. The number of likely N-dealkylation sites (N-methyl/N-ethyl adjacent to an activating group) is 1. The summed E-state index contributed by atoms with van der Waals surface area (Å²) in [5.74, 6) is -0.239. The van der Waals surface area contributed by atoms with Crippen LogP contribution < -0.4 is 5.73 Å². The molecule has 0 atom stereocenters. The van der Waals surface area contributed by atoms with Crippen LogP contribution >= 0.6 is 0 Å². The van der Waals surface area contributed by atoms with Gasteiger partial charge in [-0.15, -0.1) is 0 Å². The zero-order chi connectivity index (χ0) is 12.2. The standard InChI is InChI=1S/C9H19N3O3S/c1-11(16(14,15)7-4-10)8-9(13)12-5-2-3-6-12/h2-8,10H2,1H3. The fourth-order valence-corrected chi connectivity index (χ4v) is 2.58.